The second-order valence-electron chi connectivity index (χ2n) is 5.61. The lowest BCUT2D eigenvalue weighted by Gasteiger charge is -2.15. The van der Waals surface area contributed by atoms with Crippen LogP contribution in [0.5, 0.6) is 0 Å². The average Bonchev–Trinajstić information content (AvgIpc) is 3.15. The molecule has 0 nitrogen and oxygen atoms in total. The molecule has 19 heavy (non-hydrogen) atoms. The second-order valence-corrected chi connectivity index (χ2v) is 7.44. The Morgan fingerprint density at radius 3 is 1.37 bits per heavy atom. The van der Waals surface area contributed by atoms with Crippen molar-refractivity contribution < 1.29 is 0 Å². The van der Waals surface area contributed by atoms with Gasteiger partial charge < -0.3 is 0 Å². The van der Waals surface area contributed by atoms with Crippen LogP contribution in [0.15, 0.2) is 57.5 Å². The van der Waals surface area contributed by atoms with Crippen LogP contribution < -0.4 is 0 Å². The second kappa shape index (κ2) is 5.41. The van der Waals surface area contributed by atoms with Crippen molar-refractivity contribution in [3.8, 4) is 0 Å². The summed E-state index contributed by atoms with van der Waals surface area (Å²) in [4.78, 5) is 0. The van der Waals surface area contributed by atoms with Gasteiger partial charge in [0.1, 0.15) is 0 Å². The highest BCUT2D eigenvalue weighted by molar-refractivity contribution is 9.10. The molecule has 0 amide bonds. The third-order valence-electron chi connectivity index (χ3n) is 3.94. The zero-order valence-electron chi connectivity index (χ0n) is 10.7. The minimum Gasteiger partial charge on any atom is -0.0579 e. The van der Waals surface area contributed by atoms with E-state index in [1.165, 1.54) is 36.8 Å². The predicted octanol–water partition coefficient (Wildman–Crippen LogP) is 5.78. The van der Waals surface area contributed by atoms with Crippen molar-refractivity contribution in [3.63, 3.8) is 0 Å². The zero-order valence-corrected chi connectivity index (χ0v) is 13.9. The molecular weight excluding hydrogens is 364 g/mol. The predicted molar refractivity (Wildman–Crippen MR) is 87.4 cm³/mol. The van der Waals surface area contributed by atoms with Gasteiger partial charge >= 0.3 is 0 Å². The van der Waals surface area contributed by atoms with Crippen LogP contribution in [0, 0.1) is 5.41 Å². The van der Waals surface area contributed by atoms with Crippen molar-refractivity contribution in [1.29, 1.82) is 0 Å². The first-order valence-electron chi connectivity index (χ1n) is 6.64. The van der Waals surface area contributed by atoms with Crippen molar-refractivity contribution in [1.82, 2.24) is 0 Å². The maximum atomic E-state index is 3.50. The standard InChI is InChI=1S/C17H16Br2/c18-15-5-1-13(2-6-15)11-17(9-10-17)12-14-3-7-16(19)8-4-14/h1-8H,9-12H2. The molecule has 98 valence electrons. The number of hydrogen-bond acceptors (Lipinski definition) is 0. The van der Waals surface area contributed by atoms with E-state index in [4.69, 9.17) is 0 Å². The van der Waals surface area contributed by atoms with Crippen LogP contribution in [0.4, 0.5) is 0 Å². The van der Waals surface area contributed by atoms with E-state index in [1.807, 2.05) is 0 Å². The van der Waals surface area contributed by atoms with Gasteiger partial charge in [0, 0.05) is 8.95 Å². The first kappa shape index (κ1) is 13.4. The maximum absolute atomic E-state index is 3.50. The summed E-state index contributed by atoms with van der Waals surface area (Å²) in [5, 5.41) is 0. The Hall–Kier alpha value is -0.600. The van der Waals surface area contributed by atoms with Crippen LogP contribution in [-0.2, 0) is 12.8 Å². The van der Waals surface area contributed by atoms with Gasteiger partial charge in [0.25, 0.3) is 0 Å². The highest BCUT2D eigenvalue weighted by atomic mass is 79.9. The highest BCUT2D eigenvalue weighted by Crippen LogP contribution is 2.51. The highest BCUT2D eigenvalue weighted by Gasteiger charge is 2.42. The summed E-state index contributed by atoms with van der Waals surface area (Å²) < 4.78 is 2.32. The molecule has 3 rings (SSSR count). The van der Waals surface area contributed by atoms with Gasteiger partial charge in [0.15, 0.2) is 0 Å². The molecule has 2 heteroatoms. The molecule has 0 unspecified atom stereocenters. The van der Waals surface area contributed by atoms with Gasteiger partial charge in [0.2, 0.25) is 0 Å². The smallest absolute Gasteiger partial charge is 0.0175 e. The summed E-state index contributed by atoms with van der Waals surface area (Å²) in [6, 6.07) is 17.5. The molecule has 1 saturated carbocycles. The lowest BCUT2D eigenvalue weighted by Crippen LogP contribution is -2.09. The molecule has 1 aliphatic carbocycles. The van der Waals surface area contributed by atoms with E-state index < -0.39 is 0 Å². The summed E-state index contributed by atoms with van der Waals surface area (Å²) in [6.45, 7) is 0. The molecule has 2 aromatic rings. The minimum atomic E-state index is 0.516. The minimum absolute atomic E-state index is 0.516. The topological polar surface area (TPSA) is 0 Å². The normalized spacial score (nSPS) is 16.3. The fourth-order valence-corrected chi connectivity index (χ4v) is 3.19. The first-order valence-corrected chi connectivity index (χ1v) is 8.23. The molecular formula is C17H16Br2. The van der Waals surface area contributed by atoms with Crippen molar-refractivity contribution in [2.45, 2.75) is 25.7 Å². The SMILES string of the molecule is Brc1ccc(CC2(Cc3ccc(Br)cc3)CC2)cc1. The third-order valence-corrected chi connectivity index (χ3v) is 5.00. The quantitative estimate of drug-likeness (QED) is 0.631. The van der Waals surface area contributed by atoms with E-state index >= 15 is 0 Å². The van der Waals surface area contributed by atoms with E-state index in [-0.39, 0.29) is 0 Å². The van der Waals surface area contributed by atoms with Crippen LogP contribution in [-0.4, -0.2) is 0 Å². The van der Waals surface area contributed by atoms with Gasteiger partial charge in [0.05, 0.1) is 0 Å². The van der Waals surface area contributed by atoms with Crippen molar-refractivity contribution in [2.75, 3.05) is 0 Å². The van der Waals surface area contributed by atoms with Gasteiger partial charge in [-0.25, -0.2) is 0 Å². The van der Waals surface area contributed by atoms with Gasteiger partial charge in [-0.15, -0.1) is 0 Å². The molecule has 0 aromatic heterocycles. The van der Waals surface area contributed by atoms with Gasteiger partial charge in [-0.3, -0.25) is 0 Å². The summed E-state index contributed by atoms with van der Waals surface area (Å²) in [6.07, 6.45) is 5.13. The summed E-state index contributed by atoms with van der Waals surface area (Å²) in [7, 11) is 0. The Balaban J connectivity index is 1.70. The lowest BCUT2D eigenvalue weighted by atomic mass is 9.90. The van der Waals surface area contributed by atoms with E-state index in [0.717, 1.165) is 8.95 Å². The molecule has 1 fully saturated rings. The van der Waals surface area contributed by atoms with Gasteiger partial charge in [-0.2, -0.15) is 0 Å². The Morgan fingerprint density at radius 2 is 1.05 bits per heavy atom. The zero-order chi connectivity index (χ0) is 13.3. The Morgan fingerprint density at radius 1 is 0.684 bits per heavy atom. The van der Waals surface area contributed by atoms with Crippen LogP contribution in [0.1, 0.15) is 24.0 Å². The Kier molecular flexibility index (Phi) is 3.81. The van der Waals surface area contributed by atoms with Crippen LogP contribution >= 0.6 is 31.9 Å². The van der Waals surface area contributed by atoms with Crippen LogP contribution in [0.25, 0.3) is 0 Å². The van der Waals surface area contributed by atoms with E-state index in [9.17, 15) is 0 Å². The summed E-state index contributed by atoms with van der Waals surface area (Å²) >= 11 is 6.99. The van der Waals surface area contributed by atoms with Crippen LogP contribution in [0.2, 0.25) is 0 Å². The fraction of sp³-hybridized carbons (Fsp3) is 0.294. The average molecular weight is 380 g/mol. The molecule has 0 aliphatic heterocycles. The number of halogens is 2. The maximum Gasteiger partial charge on any atom is 0.0175 e. The van der Waals surface area contributed by atoms with Gasteiger partial charge in [-0.1, -0.05) is 56.1 Å². The van der Waals surface area contributed by atoms with E-state index in [2.05, 4.69) is 80.4 Å². The van der Waals surface area contributed by atoms with Crippen molar-refractivity contribution in [3.05, 3.63) is 68.6 Å². The van der Waals surface area contributed by atoms with E-state index in [0.29, 0.717) is 5.41 Å². The monoisotopic (exact) mass is 378 g/mol. The third kappa shape index (κ3) is 3.49. The van der Waals surface area contributed by atoms with E-state index in [1.54, 1.807) is 0 Å². The molecule has 1 aliphatic rings. The molecule has 0 saturated heterocycles. The first-order chi connectivity index (χ1) is 9.15. The molecule has 0 atom stereocenters. The molecule has 0 bridgehead atoms. The van der Waals surface area contributed by atoms with Crippen LogP contribution in [0.3, 0.4) is 0 Å². The van der Waals surface area contributed by atoms with Crippen molar-refractivity contribution in [2.24, 2.45) is 5.41 Å². The molecule has 2 aromatic carbocycles. The number of rotatable bonds is 4. The summed E-state index contributed by atoms with van der Waals surface area (Å²) in [5.41, 5.74) is 3.43. The lowest BCUT2D eigenvalue weighted by molar-refractivity contribution is 0.504. The molecule has 0 heterocycles. The fourth-order valence-electron chi connectivity index (χ4n) is 2.66. The summed E-state index contributed by atoms with van der Waals surface area (Å²) in [5.74, 6) is 0. The molecule has 0 radical (unpaired) electrons. The molecule has 0 spiro atoms. The largest absolute Gasteiger partial charge is 0.0579 e. The van der Waals surface area contributed by atoms with Crippen molar-refractivity contribution >= 4 is 31.9 Å². The van der Waals surface area contributed by atoms with Gasteiger partial charge in [-0.05, 0) is 66.5 Å². The Bertz CT molecular complexity index is 501. The Labute approximate surface area is 131 Å². The number of benzene rings is 2. The molecule has 0 N–H and O–H groups in total. The number of hydrogen-bond donors (Lipinski definition) is 0.